The highest BCUT2D eigenvalue weighted by molar-refractivity contribution is 7.21. The lowest BCUT2D eigenvalue weighted by atomic mass is 10.0. The van der Waals surface area contributed by atoms with Crippen LogP contribution in [0.2, 0.25) is 0 Å². The third-order valence-electron chi connectivity index (χ3n) is 4.33. The Morgan fingerprint density at radius 1 is 1.35 bits per heavy atom. The van der Waals surface area contributed by atoms with Crippen molar-refractivity contribution in [3.8, 4) is 0 Å². The maximum atomic E-state index is 14.0. The molecule has 1 unspecified atom stereocenters. The number of likely N-dealkylation sites (tertiary alicyclic amines) is 1. The van der Waals surface area contributed by atoms with Crippen molar-refractivity contribution in [3.05, 3.63) is 34.5 Å². The van der Waals surface area contributed by atoms with Gasteiger partial charge in [0, 0.05) is 16.6 Å². The third-order valence-corrected chi connectivity index (χ3v) is 5.58. The monoisotopic (exact) mass is 335 g/mol. The molecular weight excluding hydrogens is 317 g/mol. The molecule has 122 valence electrons. The van der Waals surface area contributed by atoms with Gasteiger partial charge in [0.2, 0.25) is 0 Å². The van der Waals surface area contributed by atoms with E-state index in [0.29, 0.717) is 28.8 Å². The van der Waals surface area contributed by atoms with Gasteiger partial charge >= 0.3 is 5.97 Å². The number of halogens is 1. The normalized spacial score (nSPS) is 18.2. The summed E-state index contributed by atoms with van der Waals surface area (Å²) in [7, 11) is 1.33. The summed E-state index contributed by atoms with van der Waals surface area (Å²) in [5.41, 5.74) is 0.641. The minimum absolute atomic E-state index is 0.210. The summed E-state index contributed by atoms with van der Waals surface area (Å²) in [4.78, 5) is 27.0. The van der Waals surface area contributed by atoms with Gasteiger partial charge in [-0.2, -0.15) is 0 Å². The predicted molar refractivity (Wildman–Crippen MR) is 87.2 cm³/mol. The van der Waals surface area contributed by atoms with Crippen LogP contribution in [0.4, 0.5) is 4.39 Å². The molecule has 0 saturated carbocycles. The lowest BCUT2D eigenvalue weighted by Gasteiger charge is -2.33. The number of carbonyl (C=O) groups excluding carboxylic acids is 2. The van der Waals surface area contributed by atoms with Crippen molar-refractivity contribution in [1.82, 2.24) is 4.90 Å². The van der Waals surface area contributed by atoms with Crippen molar-refractivity contribution in [2.45, 2.75) is 32.2 Å². The Balaban J connectivity index is 2.00. The SMILES string of the molecule is COC(=O)C1CCCCN1C(=O)c1sc2cccc(F)c2c1C. The molecule has 0 aliphatic carbocycles. The Bertz CT molecular complexity index is 771. The summed E-state index contributed by atoms with van der Waals surface area (Å²) in [5.74, 6) is -0.917. The Labute approximate surface area is 137 Å². The standard InChI is InChI=1S/C17H18FNO3S/c1-10-14-11(18)6-5-8-13(14)23-15(10)16(20)19-9-4-3-7-12(19)17(21)22-2/h5-6,8,12H,3-4,7,9H2,1-2H3. The van der Waals surface area contributed by atoms with Gasteiger partial charge in [-0.1, -0.05) is 6.07 Å². The van der Waals surface area contributed by atoms with Gasteiger partial charge in [-0.25, -0.2) is 9.18 Å². The quantitative estimate of drug-likeness (QED) is 0.789. The molecule has 1 aliphatic rings. The fourth-order valence-electron chi connectivity index (χ4n) is 3.14. The van der Waals surface area contributed by atoms with Crippen molar-refractivity contribution < 1.29 is 18.7 Å². The van der Waals surface area contributed by atoms with Gasteiger partial charge in [0.1, 0.15) is 11.9 Å². The van der Waals surface area contributed by atoms with Crippen LogP contribution in [0.5, 0.6) is 0 Å². The molecule has 0 spiro atoms. The Morgan fingerprint density at radius 3 is 2.83 bits per heavy atom. The third kappa shape index (κ3) is 2.72. The number of hydrogen-bond acceptors (Lipinski definition) is 4. The zero-order chi connectivity index (χ0) is 16.6. The van der Waals surface area contributed by atoms with E-state index in [-0.39, 0.29) is 17.7 Å². The van der Waals surface area contributed by atoms with Gasteiger partial charge in [0.05, 0.1) is 12.0 Å². The summed E-state index contributed by atoms with van der Waals surface area (Å²) < 4.78 is 19.6. The second-order valence-corrected chi connectivity index (χ2v) is 6.75. The van der Waals surface area contributed by atoms with Crippen molar-refractivity contribution in [1.29, 1.82) is 0 Å². The number of nitrogens with zero attached hydrogens (tertiary/aromatic N) is 1. The van der Waals surface area contributed by atoms with E-state index in [0.717, 1.165) is 17.5 Å². The van der Waals surface area contributed by atoms with Crippen molar-refractivity contribution >= 4 is 33.3 Å². The molecule has 2 aromatic rings. The smallest absolute Gasteiger partial charge is 0.328 e. The average Bonchev–Trinajstić information content (AvgIpc) is 2.91. The molecule has 0 N–H and O–H groups in total. The number of amides is 1. The summed E-state index contributed by atoms with van der Waals surface area (Å²) in [5, 5.41) is 0.493. The molecule has 3 rings (SSSR count). The lowest BCUT2D eigenvalue weighted by Crippen LogP contribution is -2.48. The van der Waals surface area contributed by atoms with Gasteiger partial charge in [0.25, 0.3) is 5.91 Å². The predicted octanol–water partition coefficient (Wildman–Crippen LogP) is 3.52. The minimum atomic E-state index is -0.546. The molecule has 1 atom stereocenters. The summed E-state index contributed by atoms with van der Waals surface area (Å²) in [6.07, 6.45) is 2.36. The average molecular weight is 335 g/mol. The number of esters is 1. The number of rotatable bonds is 2. The molecule has 4 nitrogen and oxygen atoms in total. The van der Waals surface area contributed by atoms with E-state index in [1.165, 1.54) is 24.5 Å². The maximum Gasteiger partial charge on any atom is 0.328 e. The van der Waals surface area contributed by atoms with E-state index in [4.69, 9.17) is 4.74 Å². The molecule has 1 aliphatic heterocycles. The maximum absolute atomic E-state index is 14.0. The van der Waals surface area contributed by atoms with Crippen LogP contribution < -0.4 is 0 Å². The minimum Gasteiger partial charge on any atom is -0.467 e. The highest BCUT2D eigenvalue weighted by atomic mass is 32.1. The highest BCUT2D eigenvalue weighted by Crippen LogP contribution is 2.34. The molecule has 2 heterocycles. The Morgan fingerprint density at radius 2 is 2.13 bits per heavy atom. The number of benzene rings is 1. The molecule has 1 fully saturated rings. The van der Waals surface area contributed by atoms with Gasteiger partial charge in [0.15, 0.2) is 0 Å². The van der Waals surface area contributed by atoms with E-state index in [2.05, 4.69) is 0 Å². The first-order valence-corrected chi connectivity index (χ1v) is 8.42. The van der Waals surface area contributed by atoms with E-state index < -0.39 is 6.04 Å². The zero-order valence-electron chi connectivity index (χ0n) is 13.1. The van der Waals surface area contributed by atoms with Gasteiger partial charge in [-0.15, -0.1) is 11.3 Å². The number of thiophene rings is 1. The molecular formula is C17H18FNO3S. The number of aryl methyl sites for hydroxylation is 1. The van der Waals surface area contributed by atoms with Crippen LogP contribution in [-0.2, 0) is 9.53 Å². The number of fused-ring (bicyclic) bond motifs is 1. The van der Waals surface area contributed by atoms with Gasteiger partial charge < -0.3 is 9.64 Å². The summed E-state index contributed by atoms with van der Waals surface area (Å²) in [6, 6.07) is 4.30. The molecule has 23 heavy (non-hydrogen) atoms. The fourth-order valence-corrected chi connectivity index (χ4v) is 4.32. The number of hydrogen-bond donors (Lipinski definition) is 0. The van der Waals surface area contributed by atoms with Crippen LogP contribution in [0.25, 0.3) is 10.1 Å². The van der Waals surface area contributed by atoms with Crippen LogP contribution in [0, 0.1) is 12.7 Å². The highest BCUT2D eigenvalue weighted by Gasteiger charge is 2.34. The van der Waals surface area contributed by atoms with Crippen molar-refractivity contribution in [2.75, 3.05) is 13.7 Å². The van der Waals surface area contributed by atoms with Crippen LogP contribution >= 0.6 is 11.3 Å². The summed E-state index contributed by atoms with van der Waals surface area (Å²) in [6.45, 7) is 2.28. The molecule has 1 aromatic carbocycles. The van der Waals surface area contributed by atoms with Crippen molar-refractivity contribution in [2.24, 2.45) is 0 Å². The summed E-state index contributed by atoms with van der Waals surface area (Å²) >= 11 is 1.28. The number of methoxy groups -OCH3 is 1. The van der Waals surface area contributed by atoms with Gasteiger partial charge in [-0.05, 0) is 43.9 Å². The van der Waals surface area contributed by atoms with Crippen LogP contribution in [0.1, 0.15) is 34.5 Å². The molecule has 0 bridgehead atoms. The second kappa shape index (κ2) is 6.28. The number of ether oxygens (including phenoxy) is 1. The second-order valence-electron chi connectivity index (χ2n) is 5.70. The topological polar surface area (TPSA) is 46.6 Å². The van der Waals surface area contributed by atoms with Crippen LogP contribution in [0.15, 0.2) is 18.2 Å². The molecule has 1 saturated heterocycles. The lowest BCUT2D eigenvalue weighted by molar-refractivity contribution is -0.147. The fraction of sp³-hybridized carbons (Fsp3) is 0.412. The van der Waals surface area contributed by atoms with Gasteiger partial charge in [-0.3, -0.25) is 4.79 Å². The molecule has 1 amide bonds. The first-order chi connectivity index (χ1) is 11.0. The first-order valence-electron chi connectivity index (χ1n) is 7.61. The number of carbonyl (C=O) groups is 2. The van der Waals surface area contributed by atoms with Crippen molar-refractivity contribution in [3.63, 3.8) is 0 Å². The Kier molecular flexibility index (Phi) is 4.35. The largest absolute Gasteiger partial charge is 0.467 e. The van der Waals surface area contributed by atoms with E-state index in [1.54, 1.807) is 24.0 Å². The first kappa shape index (κ1) is 15.9. The molecule has 1 aromatic heterocycles. The number of piperidine rings is 1. The van der Waals surface area contributed by atoms with E-state index in [1.807, 2.05) is 0 Å². The zero-order valence-corrected chi connectivity index (χ0v) is 13.9. The molecule has 0 radical (unpaired) electrons. The van der Waals surface area contributed by atoms with E-state index in [9.17, 15) is 14.0 Å². The van der Waals surface area contributed by atoms with Crippen LogP contribution in [-0.4, -0.2) is 36.5 Å². The van der Waals surface area contributed by atoms with E-state index >= 15 is 0 Å². The molecule has 6 heteroatoms. The van der Waals surface area contributed by atoms with Crippen LogP contribution in [0.3, 0.4) is 0 Å². The Hall–Kier alpha value is -1.95.